The third kappa shape index (κ3) is 2.32. The van der Waals surface area contributed by atoms with E-state index < -0.39 is 12.0 Å². The number of carbonyl (C=O) groups excluding carboxylic acids is 1. The van der Waals surface area contributed by atoms with E-state index in [0.29, 0.717) is 18.4 Å². The lowest BCUT2D eigenvalue weighted by atomic mass is 9.64. The zero-order chi connectivity index (χ0) is 17.8. The molecule has 3 heterocycles. The number of nitrogens with one attached hydrogen (secondary N) is 2. The summed E-state index contributed by atoms with van der Waals surface area (Å²) < 4.78 is 0. The highest BCUT2D eigenvalue weighted by atomic mass is 16.3. The molecular weight excluding hydrogens is 328 g/mol. The van der Waals surface area contributed by atoms with Crippen molar-refractivity contribution in [2.45, 2.75) is 37.8 Å². The van der Waals surface area contributed by atoms with Crippen molar-refractivity contribution in [2.75, 3.05) is 13.1 Å². The summed E-state index contributed by atoms with van der Waals surface area (Å²) in [6.45, 7) is 2.07. The number of hydrogen-bond acceptors (Lipinski definition) is 4. The van der Waals surface area contributed by atoms with Crippen LogP contribution in [0.2, 0.25) is 0 Å². The van der Waals surface area contributed by atoms with Crippen LogP contribution in [0.4, 0.5) is 0 Å². The fourth-order valence-corrected chi connectivity index (χ4v) is 5.80. The van der Waals surface area contributed by atoms with Crippen LogP contribution in [0.5, 0.6) is 0 Å². The number of carbonyl (C=O) groups is 1. The van der Waals surface area contributed by atoms with Crippen LogP contribution in [0, 0.1) is 17.8 Å². The van der Waals surface area contributed by atoms with E-state index in [4.69, 9.17) is 5.84 Å². The van der Waals surface area contributed by atoms with E-state index >= 15 is 0 Å². The van der Waals surface area contributed by atoms with Gasteiger partial charge in [0.2, 0.25) is 5.91 Å². The van der Waals surface area contributed by atoms with Crippen LogP contribution in [0.25, 0.3) is 10.9 Å². The average Bonchev–Trinajstić information content (AvgIpc) is 3.05. The first-order valence-electron chi connectivity index (χ1n) is 9.69. The number of para-hydroxylation sites is 1. The van der Waals surface area contributed by atoms with Crippen molar-refractivity contribution in [2.24, 2.45) is 23.6 Å². The van der Waals surface area contributed by atoms with Crippen LogP contribution in [0.1, 0.15) is 36.6 Å². The van der Waals surface area contributed by atoms with E-state index in [2.05, 4.69) is 39.6 Å². The van der Waals surface area contributed by atoms with Gasteiger partial charge in [0.15, 0.2) is 0 Å². The lowest BCUT2D eigenvalue weighted by Gasteiger charge is -2.51. The average molecular weight is 354 g/mol. The molecule has 1 aliphatic carbocycles. The number of aliphatic hydroxyl groups excluding tert-OH is 1. The van der Waals surface area contributed by atoms with Crippen molar-refractivity contribution in [3.63, 3.8) is 0 Å². The quantitative estimate of drug-likeness (QED) is 0.354. The van der Waals surface area contributed by atoms with Gasteiger partial charge in [-0.15, -0.1) is 0 Å². The summed E-state index contributed by atoms with van der Waals surface area (Å²) in [6, 6.07) is 8.79. The number of H-pyrrole nitrogens is 1. The normalized spacial score (nSPS) is 34.0. The molecule has 1 aromatic heterocycles. The van der Waals surface area contributed by atoms with E-state index in [9.17, 15) is 9.90 Å². The molecule has 6 nitrogen and oxygen atoms in total. The van der Waals surface area contributed by atoms with Crippen LogP contribution < -0.4 is 11.3 Å². The molecule has 6 heteroatoms. The van der Waals surface area contributed by atoms with Gasteiger partial charge < -0.3 is 10.1 Å². The van der Waals surface area contributed by atoms with E-state index in [1.54, 1.807) is 0 Å². The summed E-state index contributed by atoms with van der Waals surface area (Å²) in [5, 5.41) is 11.8. The maximum atomic E-state index is 12.4. The van der Waals surface area contributed by atoms with E-state index in [1.807, 2.05) is 0 Å². The predicted octanol–water partition coefficient (Wildman–Crippen LogP) is 1.46. The Balaban J connectivity index is 1.52. The maximum Gasteiger partial charge on any atom is 0.239 e. The molecule has 1 aromatic carbocycles. The molecule has 5 N–H and O–H groups in total. The first-order valence-corrected chi connectivity index (χ1v) is 9.69. The number of benzene rings is 1. The summed E-state index contributed by atoms with van der Waals surface area (Å²) in [7, 11) is 0. The lowest BCUT2D eigenvalue weighted by Crippen LogP contribution is -2.55. The zero-order valence-corrected chi connectivity index (χ0v) is 14.8. The van der Waals surface area contributed by atoms with Gasteiger partial charge in [0, 0.05) is 29.7 Å². The number of rotatable bonds is 1. The number of nitrogens with two attached hydrogens (primary N) is 1. The molecule has 3 aliphatic rings. The molecular formula is C20H26N4O2. The van der Waals surface area contributed by atoms with Crippen molar-refractivity contribution in [3.8, 4) is 0 Å². The Bertz CT molecular complexity index is 847. The summed E-state index contributed by atoms with van der Waals surface area (Å²) >= 11 is 0. The number of nitrogens with zero attached hydrogens (tertiary/aromatic N) is 1. The summed E-state index contributed by atoms with van der Waals surface area (Å²) in [5.74, 6) is 5.45. The summed E-state index contributed by atoms with van der Waals surface area (Å²) in [6.07, 6.45) is 3.07. The lowest BCUT2D eigenvalue weighted by molar-refractivity contribution is -0.139. The smallest absolute Gasteiger partial charge is 0.239 e. The molecule has 0 bridgehead atoms. The second-order valence-electron chi connectivity index (χ2n) is 8.16. The highest BCUT2D eigenvalue weighted by Crippen LogP contribution is 2.49. The molecule has 5 rings (SSSR count). The Morgan fingerprint density at radius 1 is 1.31 bits per heavy atom. The van der Waals surface area contributed by atoms with Gasteiger partial charge >= 0.3 is 0 Å². The second-order valence-corrected chi connectivity index (χ2v) is 8.16. The minimum absolute atomic E-state index is 0.181. The number of aromatic nitrogens is 1. The SMILES string of the molecule is NNC(=O)[C@@H]1[C@H]2C[C@H]3c4[nH]c5ccccc5c4CCN3C[C@@H]2CC[C@@H]1O. The Kier molecular flexibility index (Phi) is 3.81. The van der Waals surface area contributed by atoms with Crippen LogP contribution >= 0.6 is 0 Å². The number of aromatic amines is 1. The van der Waals surface area contributed by atoms with Crippen LogP contribution in [0.15, 0.2) is 24.3 Å². The molecule has 138 valence electrons. The highest BCUT2D eigenvalue weighted by Gasteiger charge is 2.48. The van der Waals surface area contributed by atoms with Gasteiger partial charge in [-0.05, 0) is 49.1 Å². The molecule has 1 saturated carbocycles. The predicted molar refractivity (Wildman–Crippen MR) is 99.0 cm³/mol. The number of fused-ring (bicyclic) bond motifs is 6. The first-order chi connectivity index (χ1) is 12.7. The highest BCUT2D eigenvalue weighted by molar-refractivity contribution is 5.85. The molecule has 0 unspecified atom stereocenters. The summed E-state index contributed by atoms with van der Waals surface area (Å²) in [5.41, 5.74) is 6.22. The van der Waals surface area contributed by atoms with Crippen molar-refractivity contribution < 1.29 is 9.90 Å². The van der Waals surface area contributed by atoms with Crippen molar-refractivity contribution in [1.29, 1.82) is 0 Å². The third-order valence-electron chi connectivity index (χ3n) is 6.99. The fourth-order valence-electron chi connectivity index (χ4n) is 5.80. The first kappa shape index (κ1) is 16.3. The molecule has 1 amide bonds. The standard InChI is InChI=1S/C20H26N4O2/c21-23-20(26)18-14-9-16-19-13(12-3-1-2-4-15(12)22-19)7-8-24(16)10-11(14)5-6-17(18)25/h1-4,11,14,16-18,22,25H,5-10,21H2,(H,23,26)/t11-,14-,16-,17-,18+/m0/s1. The number of piperidine rings is 1. The topological polar surface area (TPSA) is 94.4 Å². The van der Waals surface area contributed by atoms with Crippen LogP contribution in [-0.4, -0.2) is 40.1 Å². The molecule has 0 spiro atoms. The van der Waals surface area contributed by atoms with Gasteiger partial charge in [-0.3, -0.25) is 15.1 Å². The van der Waals surface area contributed by atoms with Gasteiger partial charge in [-0.25, -0.2) is 5.84 Å². The van der Waals surface area contributed by atoms with Crippen LogP contribution in [0.3, 0.4) is 0 Å². The minimum Gasteiger partial charge on any atom is -0.392 e. The molecule has 2 aliphatic heterocycles. The maximum absolute atomic E-state index is 12.4. The summed E-state index contributed by atoms with van der Waals surface area (Å²) in [4.78, 5) is 18.6. The number of aliphatic hydroxyl groups is 1. The van der Waals surface area contributed by atoms with Crippen molar-refractivity contribution in [3.05, 3.63) is 35.5 Å². The molecule has 0 radical (unpaired) electrons. The van der Waals surface area contributed by atoms with Gasteiger partial charge in [0.25, 0.3) is 0 Å². The Labute approximate surface area is 152 Å². The third-order valence-corrected chi connectivity index (χ3v) is 6.99. The van der Waals surface area contributed by atoms with Gasteiger partial charge in [-0.2, -0.15) is 0 Å². The fraction of sp³-hybridized carbons (Fsp3) is 0.550. The molecule has 26 heavy (non-hydrogen) atoms. The molecule has 2 fully saturated rings. The van der Waals surface area contributed by atoms with Crippen molar-refractivity contribution >= 4 is 16.8 Å². The minimum atomic E-state index is -0.586. The monoisotopic (exact) mass is 354 g/mol. The van der Waals surface area contributed by atoms with E-state index in [-0.39, 0.29) is 11.8 Å². The van der Waals surface area contributed by atoms with Gasteiger partial charge in [-0.1, -0.05) is 18.2 Å². The number of amides is 1. The van der Waals surface area contributed by atoms with Gasteiger partial charge in [0.1, 0.15) is 0 Å². The van der Waals surface area contributed by atoms with E-state index in [0.717, 1.165) is 32.4 Å². The molecule has 5 atom stereocenters. The molecule has 2 aromatic rings. The zero-order valence-electron chi connectivity index (χ0n) is 14.8. The van der Waals surface area contributed by atoms with E-state index in [1.165, 1.54) is 22.2 Å². The second kappa shape index (κ2) is 6.08. The largest absolute Gasteiger partial charge is 0.392 e. The number of hydrogen-bond donors (Lipinski definition) is 4. The van der Waals surface area contributed by atoms with Gasteiger partial charge in [0.05, 0.1) is 18.1 Å². The Morgan fingerprint density at radius 3 is 3.00 bits per heavy atom. The van der Waals surface area contributed by atoms with Crippen molar-refractivity contribution in [1.82, 2.24) is 15.3 Å². The van der Waals surface area contributed by atoms with Crippen LogP contribution in [-0.2, 0) is 11.2 Å². The Hall–Kier alpha value is -1.89. The number of hydrazine groups is 1. The Morgan fingerprint density at radius 2 is 2.15 bits per heavy atom. The molecule has 1 saturated heterocycles.